The molecule has 1 fully saturated rings. The van der Waals surface area contributed by atoms with Gasteiger partial charge in [0.2, 0.25) is 10.0 Å². The summed E-state index contributed by atoms with van der Waals surface area (Å²) in [6.45, 7) is 1.51. The number of amides is 2. The maximum Gasteiger partial charge on any atom is 0.270 e. The molecule has 208 valence electrons. The van der Waals surface area contributed by atoms with E-state index in [2.05, 4.69) is 27.5 Å². The molecule has 0 saturated carbocycles. The number of carbonyl (C=O) groups is 2. The highest BCUT2D eigenvalue weighted by atomic mass is 32.2. The Labute approximate surface area is 232 Å². The van der Waals surface area contributed by atoms with Gasteiger partial charge < -0.3 is 15.0 Å². The van der Waals surface area contributed by atoms with Gasteiger partial charge in [0.1, 0.15) is 22.7 Å². The summed E-state index contributed by atoms with van der Waals surface area (Å²) in [7, 11) is -2.21. The van der Waals surface area contributed by atoms with Crippen molar-refractivity contribution in [2.24, 2.45) is 0 Å². The average Bonchev–Trinajstić information content (AvgIpc) is 3.40. The first-order valence-corrected chi connectivity index (χ1v) is 14.7. The monoisotopic (exact) mass is 562 g/mol. The normalized spacial score (nSPS) is 14.2. The number of hydrogen-bond donors (Lipinski definition) is 2. The van der Waals surface area contributed by atoms with Crippen molar-refractivity contribution in [1.82, 2.24) is 24.2 Å². The van der Waals surface area contributed by atoms with Crippen molar-refractivity contribution in [3.05, 3.63) is 89.2 Å². The van der Waals surface area contributed by atoms with Crippen molar-refractivity contribution in [1.29, 1.82) is 0 Å². The lowest BCUT2D eigenvalue weighted by molar-refractivity contribution is 0.0712. The maximum absolute atomic E-state index is 13.8. The van der Waals surface area contributed by atoms with E-state index in [0.717, 1.165) is 24.7 Å². The van der Waals surface area contributed by atoms with E-state index < -0.39 is 15.9 Å². The van der Waals surface area contributed by atoms with Gasteiger partial charge >= 0.3 is 0 Å². The number of methoxy groups -OCH3 is 1. The van der Waals surface area contributed by atoms with Crippen LogP contribution in [0.3, 0.4) is 0 Å². The van der Waals surface area contributed by atoms with Gasteiger partial charge in [0.05, 0.1) is 19.6 Å². The number of hydrogen-bond acceptors (Lipinski definition) is 8. The minimum absolute atomic E-state index is 0.0301. The topological polar surface area (TPSA) is 135 Å². The third kappa shape index (κ3) is 5.91. The summed E-state index contributed by atoms with van der Waals surface area (Å²) >= 11 is 0. The summed E-state index contributed by atoms with van der Waals surface area (Å²) in [4.78, 5) is 32.5. The molecule has 0 spiro atoms. The van der Waals surface area contributed by atoms with Crippen LogP contribution in [0, 0.1) is 0 Å². The second-order valence-corrected chi connectivity index (χ2v) is 11.4. The van der Waals surface area contributed by atoms with Gasteiger partial charge in [-0.25, -0.2) is 18.1 Å². The minimum atomic E-state index is -3.79. The zero-order valence-corrected chi connectivity index (χ0v) is 23.0. The van der Waals surface area contributed by atoms with Gasteiger partial charge in [-0.05, 0) is 42.0 Å². The fraction of sp³-hybridized carbons (Fsp3) is 0.286. The van der Waals surface area contributed by atoms with Crippen molar-refractivity contribution in [3.63, 3.8) is 0 Å². The molecule has 1 aliphatic rings. The summed E-state index contributed by atoms with van der Waals surface area (Å²) in [6, 6.07) is 17.8. The first-order chi connectivity index (χ1) is 19.2. The molecule has 40 heavy (non-hydrogen) atoms. The number of nitrogens with zero attached hydrogens (tertiary/aromatic N) is 4. The Hall–Kier alpha value is -4.45. The number of aromatic nitrogens is 3. The molecule has 5 rings (SSSR count). The molecule has 0 aliphatic carbocycles. The van der Waals surface area contributed by atoms with Crippen LogP contribution in [0.15, 0.2) is 67.0 Å². The van der Waals surface area contributed by atoms with Gasteiger partial charge in [-0.2, -0.15) is 9.61 Å². The fourth-order valence-corrected chi connectivity index (χ4v) is 5.37. The molecule has 1 aliphatic heterocycles. The number of anilines is 1. The third-order valence-corrected chi connectivity index (χ3v) is 7.48. The van der Waals surface area contributed by atoms with E-state index in [1.165, 1.54) is 22.5 Å². The largest absolute Gasteiger partial charge is 0.497 e. The van der Waals surface area contributed by atoms with Gasteiger partial charge in [0, 0.05) is 25.8 Å². The second-order valence-electron chi connectivity index (χ2n) is 9.70. The highest BCUT2D eigenvalue weighted by molar-refractivity contribution is 7.89. The molecule has 0 radical (unpaired) electrons. The molecule has 0 bridgehead atoms. The standard InChI is InChI=1S/C28H30N6O5S/c1-39-22-10-6-7-19(15-22)16-29-26-24(17-30-25-23(18-31-34(25)26)27(35)32-40(2,37)38)28(36)33-13-11-21(12-14-33)20-8-4-3-5-9-20/h3-10,15,17-18,21,29H,11-14,16H2,1-2H3,(H,32,35). The number of rotatable bonds is 8. The van der Waals surface area contributed by atoms with Crippen LogP contribution in [0.25, 0.3) is 5.65 Å². The second kappa shape index (κ2) is 11.3. The Kier molecular flexibility index (Phi) is 7.69. The molecule has 2 aromatic heterocycles. The number of fused-ring (bicyclic) bond motifs is 1. The molecular weight excluding hydrogens is 532 g/mol. The van der Waals surface area contributed by atoms with Crippen LogP contribution in [0.5, 0.6) is 5.75 Å². The molecule has 0 unspecified atom stereocenters. The van der Waals surface area contributed by atoms with Crippen LogP contribution < -0.4 is 14.8 Å². The van der Waals surface area contributed by atoms with E-state index in [0.29, 0.717) is 42.7 Å². The van der Waals surface area contributed by atoms with Gasteiger partial charge in [0.25, 0.3) is 11.8 Å². The molecule has 2 amide bonds. The number of sulfonamides is 1. The average molecular weight is 563 g/mol. The van der Waals surface area contributed by atoms with E-state index in [4.69, 9.17) is 4.74 Å². The Morgan fingerprint density at radius 1 is 1.02 bits per heavy atom. The lowest BCUT2D eigenvalue weighted by Crippen LogP contribution is -2.38. The lowest BCUT2D eigenvalue weighted by atomic mass is 9.89. The minimum Gasteiger partial charge on any atom is -0.497 e. The van der Waals surface area contributed by atoms with E-state index in [9.17, 15) is 18.0 Å². The lowest BCUT2D eigenvalue weighted by Gasteiger charge is -2.32. The van der Waals surface area contributed by atoms with Gasteiger partial charge in [-0.15, -0.1) is 0 Å². The predicted octanol–water partition coefficient (Wildman–Crippen LogP) is 3.06. The Morgan fingerprint density at radius 2 is 1.77 bits per heavy atom. The molecule has 11 nitrogen and oxygen atoms in total. The van der Waals surface area contributed by atoms with Crippen molar-refractivity contribution in [2.45, 2.75) is 25.3 Å². The zero-order chi connectivity index (χ0) is 28.3. The van der Waals surface area contributed by atoms with Crippen molar-refractivity contribution in [3.8, 4) is 5.75 Å². The van der Waals surface area contributed by atoms with Crippen molar-refractivity contribution in [2.75, 3.05) is 31.8 Å². The fourth-order valence-electron chi connectivity index (χ4n) is 4.92. The summed E-state index contributed by atoms with van der Waals surface area (Å²) in [6.07, 6.45) is 5.22. The van der Waals surface area contributed by atoms with Crippen LogP contribution >= 0.6 is 0 Å². The SMILES string of the molecule is COc1cccc(CNc2c(C(=O)N3CCC(c4ccccc4)CC3)cnc3c(C(=O)NS(C)(=O)=O)cnn23)c1. The van der Waals surface area contributed by atoms with Gasteiger partial charge in [-0.1, -0.05) is 42.5 Å². The Bertz CT molecular complexity index is 1650. The summed E-state index contributed by atoms with van der Waals surface area (Å²) < 4.78 is 31.9. The van der Waals surface area contributed by atoms with E-state index in [-0.39, 0.29) is 17.1 Å². The number of likely N-dealkylation sites (tertiary alicyclic amines) is 1. The van der Waals surface area contributed by atoms with Crippen LogP contribution in [0.4, 0.5) is 5.82 Å². The van der Waals surface area contributed by atoms with E-state index in [1.54, 1.807) is 12.0 Å². The van der Waals surface area contributed by atoms with Crippen LogP contribution in [0.1, 0.15) is 50.6 Å². The number of piperidine rings is 1. The molecule has 0 atom stereocenters. The smallest absolute Gasteiger partial charge is 0.270 e. The first kappa shape index (κ1) is 27.1. The highest BCUT2D eigenvalue weighted by Gasteiger charge is 2.28. The van der Waals surface area contributed by atoms with Gasteiger partial charge in [-0.3, -0.25) is 9.59 Å². The highest BCUT2D eigenvalue weighted by Crippen LogP contribution is 2.30. The number of nitrogens with one attached hydrogen (secondary N) is 2. The summed E-state index contributed by atoms with van der Waals surface area (Å²) in [5.41, 5.74) is 2.56. The number of carbonyl (C=O) groups excluding carboxylic acids is 2. The van der Waals surface area contributed by atoms with Crippen molar-refractivity contribution < 1.29 is 22.7 Å². The molecule has 4 aromatic rings. The van der Waals surface area contributed by atoms with Crippen LogP contribution in [0.2, 0.25) is 0 Å². The van der Waals surface area contributed by atoms with Crippen LogP contribution in [-0.4, -0.2) is 66.2 Å². The maximum atomic E-state index is 13.8. The summed E-state index contributed by atoms with van der Waals surface area (Å²) in [5, 5.41) is 7.58. The quantitative estimate of drug-likeness (QED) is 0.335. The van der Waals surface area contributed by atoms with E-state index in [1.807, 2.05) is 47.2 Å². The molecule has 2 N–H and O–H groups in total. The van der Waals surface area contributed by atoms with Crippen LogP contribution in [-0.2, 0) is 16.6 Å². The van der Waals surface area contributed by atoms with Gasteiger partial charge in [0.15, 0.2) is 5.65 Å². The zero-order valence-electron chi connectivity index (χ0n) is 22.2. The first-order valence-electron chi connectivity index (χ1n) is 12.8. The molecule has 3 heterocycles. The van der Waals surface area contributed by atoms with E-state index >= 15 is 0 Å². The predicted molar refractivity (Wildman–Crippen MR) is 150 cm³/mol. The molecule has 2 aromatic carbocycles. The Balaban J connectivity index is 1.45. The number of benzene rings is 2. The number of ether oxygens (including phenoxy) is 1. The van der Waals surface area contributed by atoms with Crippen molar-refractivity contribution >= 4 is 33.3 Å². The molecular formula is C28H30N6O5S. The third-order valence-electron chi connectivity index (χ3n) is 6.93. The Morgan fingerprint density at radius 3 is 2.48 bits per heavy atom. The molecule has 1 saturated heterocycles. The summed E-state index contributed by atoms with van der Waals surface area (Å²) in [5.74, 6) is 0.369. The molecule has 12 heteroatoms.